The minimum Gasteiger partial charge on any atom is 0 e. The molecule has 1 nitrogen and oxygen atoms in total. The molecule has 0 bridgehead atoms. The van der Waals surface area contributed by atoms with E-state index in [0.29, 0.717) is 0 Å². The van der Waals surface area contributed by atoms with E-state index < -0.39 is 0 Å². The van der Waals surface area contributed by atoms with Crippen molar-refractivity contribution in [2.45, 2.75) is 0 Å². The van der Waals surface area contributed by atoms with Gasteiger partial charge >= 0.3 is 24.9 Å². The van der Waals surface area contributed by atoms with E-state index in [2.05, 4.69) is 15.3 Å². The van der Waals surface area contributed by atoms with Gasteiger partial charge in [0.25, 0.3) is 0 Å². The second-order valence-electron chi connectivity index (χ2n) is 0.0680. The van der Waals surface area contributed by atoms with Crippen molar-refractivity contribution in [2.75, 3.05) is 0 Å². The summed E-state index contributed by atoms with van der Waals surface area (Å²) in [6.45, 7) is 0. The van der Waals surface area contributed by atoms with Gasteiger partial charge in [0.2, 0.25) is 0 Å². The largest absolute Gasteiger partial charge is 0 e. The molecule has 0 amide bonds. The molecular formula is CCoFeORu. The maximum absolute atomic E-state index is 8.54. The van der Waals surface area contributed by atoms with Crippen molar-refractivity contribution in [2.24, 2.45) is 0 Å². The summed E-state index contributed by atoms with van der Waals surface area (Å²) in [4.78, 5) is 9.73. The molecule has 0 saturated heterocycles. The monoisotopic (exact) mass is 245 g/mol. The van der Waals surface area contributed by atoms with E-state index >= 15 is 0 Å². The van der Waals surface area contributed by atoms with Crippen molar-refractivity contribution in [3.63, 3.8) is 0 Å². The zero-order valence-electron chi connectivity index (χ0n) is 1.95. The first-order valence-corrected chi connectivity index (χ1v) is 0.891. The maximum Gasteiger partial charge on any atom is 0 e. The van der Waals surface area contributed by atoms with Crippen LogP contribution in [0.1, 0.15) is 0 Å². The Bertz CT molecular complexity index is 32.6. The second-order valence-corrected chi connectivity index (χ2v) is 0.281. The molecule has 0 rings (SSSR count). The Morgan fingerprint density at radius 2 is 1.60 bits per heavy atom. The number of carbonyl (C=O) groups excluding carboxylic acids is 1. The molecule has 0 heterocycles. The second kappa shape index (κ2) is 18.8. The standard InChI is InChI=1S/CO.Co.Fe.Ru/c1-2;;;. The first-order valence-electron chi connectivity index (χ1n) is 0.371. The van der Waals surface area contributed by atoms with Crippen molar-refractivity contribution in [3.8, 4) is 0 Å². The third kappa shape index (κ3) is 36.1. The molecule has 0 aliphatic carbocycles. The number of rotatable bonds is 0. The van der Waals surface area contributed by atoms with E-state index in [9.17, 15) is 0 Å². The van der Waals surface area contributed by atoms with E-state index in [1.54, 1.807) is 0 Å². The van der Waals surface area contributed by atoms with Crippen LogP contribution < -0.4 is 0 Å². The first-order chi connectivity index (χ1) is 1.41. The minimum absolute atomic E-state index is 0. The molecule has 0 radical (unpaired) electrons. The summed E-state index contributed by atoms with van der Waals surface area (Å²) < 4.78 is 0. The Hall–Kier alpha value is 1.23. The quantitative estimate of drug-likeness (QED) is 0.529. The van der Waals surface area contributed by atoms with Crippen LogP contribution in [0.5, 0.6) is 0 Å². The van der Waals surface area contributed by atoms with Crippen molar-refractivity contribution in [1.29, 1.82) is 0 Å². The Kier molecular flexibility index (Phi) is 61.5. The van der Waals surface area contributed by atoms with Crippen LogP contribution in [0, 0.1) is 0 Å². The van der Waals surface area contributed by atoms with E-state index in [1.807, 2.05) is 0 Å². The van der Waals surface area contributed by atoms with Gasteiger partial charge in [-0.15, -0.1) is 0 Å². The van der Waals surface area contributed by atoms with Crippen molar-refractivity contribution in [1.82, 2.24) is 0 Å². The Morgan fingerprint density at radius 1 is 1.60 bits per heavy atom. The normalized spacial score (nSPS) is 1.80. The molecule has 0 unspecified atom stereocenters. The Morgan fingerprint density at radius 3 is 1.60 bits per heavy atom. The zero-order chi connectivity index (χ0) is 2.71. The van der Waals surface area contributed by atoms with Crippen molar-refractivity contribution >= 4 is 4.82 Å². The van der Waals surface area contributed by atoms with Crippen LogP contribution in [0.2, 0.25) is 0 Å². The molecule has 0 aliphatic heterocycles. The first kappa shape index (κ1) is 16.3. The molecule has 4 heteroatoms. The fourth-order valence-electron chi connectivity index (χ4n) is 0. The molecule has 0 N–H and O–H groups in total. The molecule has 0 spiro atoms. The van der Waals surface area contributed by atoms with Crippen LogP contribution in [-0.2, 0) is 56.6 Å². The number of hydrogen-bond acceptors (Lipinski definition) is 1. The van der Waals surface area contributed by atoms with Gasteiger partial charge in [-0.2, -0.15) is 0 Å². The van der Waals surface area contributed by atoms with Crippen LogP contribution in [0.3, 0.4) is 0 Å². The predicted octanol–water partition coefficient (Wildman–Crippen LogP) is -0.405. The smallest absolute Gasteiger partial charge is 0 e. The average Bonchev–Trinajstić information content (AvgIpc) is 0.918. The average molecular weight is 244 g/mol. The fraction of sp³-hybridized carbons (Fsp3) is 0. The van der Waals surface area contributed by atoms with Crippen LogP contribution in [-0.4, -0.2) is 4.82 Å². The maximum atomic E-state index is 8.54. The van der Waals surface area contributed by atoms with Crippen molar-refractivity contribution < 1.29 is 56.6 Å². The van der Waals surface area contributed by atoms with Gasteiger partial charge < -0.3 is 0 Å². The summed E-state index contributed by atoms with van der Waals surface area (Å²) in [5.74, 6) is 0. The summed E-state index contributed by atoms with van der Waals surface area (Å²) in [7, 11) is 0. The summed E-state index contributed by atoms with van der Waals surface area (Å²) in [5, 5.41) is 0. The topological polar surface area (TPSA) is 17.1 Å². The molecule has 0 aromatic rings. The van der Waals surface area contributed by atoms with Gasteiger partial charge in [-0.3, -0.25) is 0 Å². The van der Waals surface area contributed by atoms with E-state index in [0.717, 1.165) is 0 Å². The molecule has 5 heavy (non-hydrogen) atoms. The van der Waals surface area contributed by atoms with Gasteiger partial charge in [-0.05, 0) is 0 Å². The van der Waals surface area contributed by atoms with Crippen molar-refractivity contribution in [3.05, 3.63) is 0 Å². The van der Waals surface area contributed by atoms with E-state index in [-0.39, 0.29) is 36.5 Å². The van der Waals surface area contributed by atoms with Gasteiger partial charge in [0.05, 0.1) is 0 Å². The van der Waals surface area contributed by atoms with Gasteiger partial charge in [-0.25, -0.2) is 0 Å². The number of hydrogen-bond donors (Lipinski definition) is 0. The third-order valence-electron chi connectivity index (χ3n) is 0. The Balaban J connectivity index is -0.0000000200. The summed E-state index contributed by atoms with van der Waals surface area (Å²) in [6, 6.07) is 0. The van der Waals surface area contributed by atoms with E-state index in [4.69, 9.17) is 4.79 Å². The zero-order valence-corrected chi connectivity index (χ0v) is 5.83. The van der Waals surface area contributed by atoms with Gasteiger partial charge in [0, 0.05) is 36.5 Å². The van der Waals surface area contributed by atoms with Gasteiger partial charge in [0.15, 0.2) is 0 Å². The summed E-state index contributed by atoms with van der Waals surface area (Å²) in [6.07, 6.45) is 0. The van der Waals surface area contributed by atoms with E-state index in [1.165, 1.54) is 4.82 Å². The molecular weight excluding hydrogens is 244 g/mol. The Labute approximate surface area is 61.3 Å². The molecule has 0 fully saturated rings. The van der Waals surface area contributed by atoms with Gasteiger partial charge in [-0.1, -0.05) is 0 Å². The SMILES string of the molecule is O=[C]=[Co].[Fe].[Ru]. The van der Waals surface area contributed by atoms with Crippen LogP contribution in [0.25, 0.3) is 0 Å². The van der Waals surface area contributed by atoms with Crippen LogP contribution in [0.15, 0.2) is 0 Å². The fourth-order valence-corrected chi connectivity index (χ4v) is 0. The molecule has 0 aromatic heterocycles. The summed E-state index contributed by atoms with van der Waals surface area (Å²) >= 11 is 3.02. The van der Waals surface area contributed by atoms with Crippen LogP contribution >= 0.6 is 0 Å². The molecule has 35 valence electrons. The molecule has 0 aromatic carbocycles. The molecule has 0 aliphatic rings. The minimum atomic E-state index is 0. The third-order valence-corrected chi connectivity index (χ3v) is 0. The van der Waals surface area contributed by atoms with Gasteiger partial charge in [0.1, 0.15) is 0 Å². The molecule has 0 atom stereocenters. The van der Waals surface area contributed by atoms with Crippen LogP contribution in [0.4, 0.5) is 0 Å². The predicted molar refractivity (Wildman–Crippen MR) is 5.69 cm³/mol. The molecule has 0 saturated carbocycles. The summed E-state index contributed by atoms with van der Waals surface area (Å²) in [5.41, 5.74) is 0.